The van der Waals surface area contributed by atoms with Gasteiger partial charge in [0.2, 0.25) is 0 Å². The molecule has 2 N–H and O–H groups in total. The Balaban J connectivity index is 1.46. The highest BCUT2D eigenvalue weighted by molar-refractivity contribution is 7.13. The van der Waals surface area contributed by atoms with Gasteiger partial charge in [-0.25, -0.2) is 4.98 Å². The molecule has 7 heteroatoms. The maximum absolute atomic E-state index is 12.7. The largest absolute Gasteiger partial charge is 0.365 e. The van der Waals surface area contributed by atoms with Crippen LogP contribution in [0.3, 0.4) is 0 Å². The van der Waals surface area contributed by atoms with Crippen LogP contribution in [0, 0.1) is 6.92 Å². The number of hydrogen-bond acceptors (Lipinski definition) is 5. The Morgan fingerprint density at radius 1 is 1.33 bits per heavy atom. The lowest BCUT2D eigenvalue weighted by molar-refractivity contribution is 0.0707. The fraction of sp³-hybridized carbons (Fsp3) is 0.350. The average Bonchev–Trinajstić information content (AvgIpc) is 3.37. The van der Waals surface area contributed by atoms with Gasteiger partial charge in [-0.3, -0.25) is 9.89 Å². The highest BCUT2D eigenvalue weighted by Crippen LogP contribution is 2.34. The third kappa shape index (κ3) is 3.60. The van der Waals surface area contributed by atoms with Crippen molar-refractivity contribution in [2.24, 2.45) is 0 Å². The van der Waals surface area contributed by atoms with E-state index in [1.165, 1.54) is 33.7 Å². The standard InChI is InChI=1S/C20H23N5OS/c1-13-4-3-5-15(10-13)16-11-22-24-18(16)14-6-8-25(9-7-14)19(26)17-12-27-20(21-2)23-17/h3-5,10-12,14H,6-9H2,1-2H3,(H,21,23)(H,22,24). The molecule has 3 aromatic rings. The van der Waals surface area contributed by atoms with Crippen molar-refractivity contribution in [3.63, 3.8) is 0 Å². The van der Waals surface area contributed by atoms with Crippen LogP contribution in [-0.4, -0.2) is 46.1 Å². The first-order valence-corrected chi connectivity index (χ1v) is 10.1. The molecule has 1 saturated heterocycles. The molecule has 6 nitrogen and oxygen atoms in total. The molecule has 0 aliphatic carbocycles. The third-order valence-electron chi connectivity index (χ3n) is 5.13. The van der Waals surface area contributed by atoms with E-state index in [2.05, 4.69) is 51.7 Å². The van der Waals surface area contributed by atoms with Crippen molar-refractivity contribution in [2.45, 2.75) is 25.7 Å². The Kier molecular flexibility index (Phi) is 4.94. The zero-order valence-electron chi connectivity index (χ0n) is 15.5. The zero-order chi connectivity index (χ0) is 18.8. The lowest BCUT2D eigenvalue weighted by Crippen LogP contribution is -2.38. The van der Waals surface area contributed by atoms with Gasteiger partial charge < -0.3 is 10.2 Å². The summed E-state index contributed by atoms with van der Waals surface area (Å²) in [7, 11) is 1.81. The van der Waals surface area contributed by atoms with Gasteiger partial charge in [0.05, 0.1) is 6.20 Å². The number of aryl methyl sites for hydroxylation is 1. The molecule has 27 heavy (non-hydrogen) atoms. The summed E-state index contributed by atoms with van der Waals surface area (Å²) in [4.78, 5) is 18.9. The van der Waals surface area contributed by atoms with Crippen LogP contribution in [0.4, 0.5) is 5.13 Å². The fourth-order valence-electron chi connectivity index (χ4n) is 3.67. The Morgan fingerprint density at radius 2 is 2.15 bits per heavy atom. The Morgan fingerprint density at radius 3 is 2.85 bits per heavy atom. The van der Waals surface area contributed by atoms with Crippen LogP contribution in [0.2, 0.25) is 0 Å². The number of benzene rings is 1. The van der Waals surface area contributed by atoms with Crippen molar-refractivity contribution in [1.82, 2.24) is 20.1 Å². The molecule has 0 unspecified atom stereocenters. The molecule has 1 aliphatic heterocycles. The number of aromatic amines is 1. The van der Waals surface area contributed by atoms with Crippen LogP contribution in [-0.2, 0) is 0 Å². The van der Waals surface area contributed by atoms with Gasteiger partial charge in [-0.2, -0.15) is 5.10 Å². The molecule has 1 fully saturated rings. The molecule has 0 atom stereocenters. The summed E-state index contributed by atoms with van der Waals surface area (Å²) in [6.07, 6.45) is 3.77. The second-order valence-electron chi connectivity index (χ2n) is 6.92. The number of amides is 1. The van der Waals surface area contributed by atoms with Gasteiger partial charge >= 0.3 is 0 Å². The minimum Gasteiger partial charge on any atom is -0.365 e. The van der Waals surface area contributed by atoms with E-state index in [1.807, 2.05) is 23.5 Å². The normalized spacial score (nSPS) is 15.1. The third-order valence-corrected chi connectivity index (χ3v) is 5.99. The molecule has 1 aliphatic rings. The number of nitrogens with zero attached hydrogens (tertiary/aromatic N) is 3. The van der Waals surface area contributed by atoms with Gasteiger partial charge in [0, 0.05) is 42.7 Å². The van der Waals surface area contributed by atoms with Crippen LogP contribution in [0.15, 0.2) is 35.8 Å². The van der Waals surface area contributed by atoms with Crippen LogP contribution in [0.25, 0.3) is 11.1 Å². The van der Waals surface area contributed by atoms with Gasteiger partial charge in [-0.05, 0) is 25.3 Å². The van der Waals surface area contributed by atoms with Crippen molar-refractivity contribution in [2.75, 3.05) is 25.5 Å². The molecule has 4 rings (SSSR count). The summed E-state index contributed by atoms with van der Waals surface area (Å²) < 4.78 is 0. The second-order valence-corrected chi connectivity index (χ2v) is 7.78. The van der Waals surface area contributed by atoms with Gasteiger partial charge in [-0.1, -0.05) is 29.8 Å². The number of aromatic nitrogens is 3. The van der Waals surface area contributed by atoms with E-state index in [9.17, 15) is 4.79 Å². The number of thiazole rings is 1. The van der Waals surface area contributed by atoms with Crippen LogP contribution >= 0.6 is 11.3 Å². The number of likely N-dealkylation sites (tertiary alicyclic amines) is 1. The summed E-state index contributed by atoms with van der Waals surface area (Å²) in [5, 5.41) is 13.1. The summed E-state index contributed by atoms with van der Waals surface area (Å²) in [5.41, 5.74) is 5.31. The predicted octanol–water partition coefficient (Wildman–Crippen LogP) is 3.90. The lowest BCUT2D eigenvalue weighted by atomic mass is 9.89. The smallest absolute Gasteiger partial charge is 0.273 e. The number of H-pyrrole nitrogens is 1. The molecule has 3 heterocycles. The Bertz CT molecular complexity index is 939. The van der Waals surface area contributed by atoms with E-state index >= 15 is 0 Å². The molecule has 140 valence electrons. The monoisotopic (exact) mass is 381 g/mol. The van der Waals surface area contributed by atoms with Crippen molar-refractivity contribution in [3.05, 3.63) is 52.8 Å². The van der Waals surface area contributed by atoms with E-state index in [1.54, 1.807) is 0 Å². The van der Waals surface area contributed by atoms with Crippen molar-refractivity contribution in [3.8, 4) is 11.1 Å². The first-order chi connectivity index (χ1) is 13.2. The predicted molar refractivity (Wildman–Crippen MR) is 108 cm³/mol. The molecule has 1 aromatic carbocycles. The number of anilines is 1. The van der Waals surface area contributed by atoms with E-state index in [0.29, 0.717) is 11.6 Å². The van der Waals surface area contributed by atoms with Crippen LogP contribution in [0.1, 0.15) is 40.5 Å². The van der Waals surface area contributed by atoms with Gasteiger partial charge in [0.15, 0.2) is 5.13 Å². The molecular formula is C20H23N5OS. The number of carbonyl (C=O) groups excluding carboxylic acids is 1. The zero-order valence-corrected chi connectivity index (χ0v) is 16.3. The molecule has 1 amide bonds. The SMILES string of the molecule is CNc1nc(C(=O)N2CCC(c3[nH]ncc3-c3cccc(C)c3)CC2)cs1. The Labute approximate surface area is 162 Å². The lowest BCUT2D eigenvalue weighted by Gasteiger charge is -2.31. The number of piperidine rings is 1. The van der Waals surface area contributed by atoms with E-state index < -0.39 is 0 Å². The highest BCUT2D eigenvalue weighted by atomic mass is 32.1. The quantitative estimate of drug-likeness (QED) is 0.719. The number of rotatable bonds is 4. The fourth-order valence-corrected chi connectivity index (χ4v) is 4.32. The first kappa shape index (κ1) is 17.7. The maximum atomic E-state index is 12.7. The average molecular weight is 382 g/mol. The number of nitrogens with one attached hydrogen (secondary N) is 2. The maximum Gasteiger partial charge on any atom is 0.273 e. The second kappa shape index (κ2) is 7.52. The van der Waals surface area contributed by atoms with E-state index in [0.717, 1.165) is 31.1 Å². The minimum absolute atomic E-state index is 0.0229. The van der Waals surface area contributed by atoms with E-state index in [4.69, 9.17) is 0 Å². The Hall–Kier alpha value is -2.67. The molecule has 0 radical (unpaired) electrons. The summed E-state index contributed by atoms with van der Waals surface area (Å²) in [6, 6.07) is 8.50. The van der Waals surface area contributed by atoms with Crippen molar-refractivity contribution in [1.29, 1.82) is 0 Å². The van der Waals surface area contributed by atoms with Gasteiger partial charge in [0.1, 0.15) is 5.69 Å². The van der Waals surface area contributed by atoms with Crippen LogP contribution < -0.4 is 5.32 Å². The van der Waals surface area contributed by atoms with Crippen molar-refractivity contribution >= 4 is 22.4 Å². The number of hydrogen-bond donors (Lipinski definition) is 2. The molecule has 0 bridgehead atoms. The molecule has 2 aromatic heterocycles. The minimum atomic E-state index is 0.0229. The summed E-state index contributed by atoms with van der Waals surface area (Å²) in [6.45, 7) is 3.58. The highest BCUT2D eigenvalue weighted by Gasteiger charge is 2.28. The van der Waals surface area contributed by atoms with Gasteiger partial charge in [-0.15, -0.1) is 11.3 Å². The summed E-state index contributed by atoms with van der Waals surface area (Å²) >= 11 is 1.46. The molecular weight excluding hydrogens is 358 g/mol. The van der Waals surface area contributed by atoms with Gasteiger partial charge in [0.25, 0.3) is 5.91 Å². The first-order valence-electron chi connectivity index (χ1n) is 9.18. The number of carbonyl (C=O) groups is 1. The topological polar surface area (TPSA) is 73.9 Å². The summed E-state index contributed by atoms with van der Waals surface area (Å²) in [5.74, 6) is 0.407. The van der Waals surface area contributed by atoms with E-state index in [-0.39, 0.29) is 5.91 Å². The van der Waals surface area contributed by atoms with Crippen molar-refractivity contribution < 1.29 is 4.79 Å². The van der Waals surface area contributed by atoms with Crippen LogP contribution in [0.5, 0.6) is 0 Å². The molecule has 0 saturated carbocycles. The molecule has 0 spiro atoms.